The van der Waals surface area contributed by atoms with Crippen LogP contribution in [0.2, 0.25) is 0 Å². The SMILES string of the molecule is CCCc1c(OCCCn2c(O)cn(C)c2=O)ccc2c(C(F)(F)F)noc12. The zero-order chi connectivity index (χ0) is 20.5. The molecule has 152 valence electrons. The minimum Gasteiger partial charge on any atom is -0.493 e. The Morgan fingerprint density at radius 3 is 2.68 bits per heavy atom. The summed E-state index contributed by atoms with van der Waals surface area (Å²) in [5.41, 5.74) is -0.788. The maximum Gasteiger partial charge on any atom is 0.437 e. The number of fused-ring (bicyclic) bond motifs is 1. The Hall–Kier alpha value is -2.91. The molecule has 3 rings (SSSR count). The molecule has 0 fully saturated rings. The van der Waals surface area contributed by atoms with Crippen LogP contribution in [0.1, 0.15) is 31.0 Å². The second-order valence-electron chi connectivity index (χ2n) is 6.43. The lowest BCUT2D eigenvalue weighted by molar-refractivity contribution is -0.141. The first-order chi connectivity index (χ1) is 13.2. The second kappa shape index (κ2) is 7.61. The molecule has 0 aliphatic heterocycles. The third-order valence-corrected chi connectivity index (χ3v) is 4.37. The third kappa shape index (κ3) is 3.71. The van der Waals surface area contributed by atoms with Crippen LogP contribution in [0.4, 0.5) is 13.2 Å². The molecule has 0 saturated heterocycles. The fourth-order valence-electron chi connectivity index (χ4n) is 3.07. The van der Waals surface area contributed by atoms with Crippen LogP contribution in [0, 0.1) is 0 Å². The molecule has 0 unspecified atom stereocenters. The van der Waals surface area contributed by atoms with Crippen molar-refractivity contribution < 1.29 is 27.5 Å². The molecular formula is C18H20F3N3O4. The third-order valence-electron chi connectivity index (χ3n) is 4.37. The van der Waals surface area contributed by atoms with Gasteiger partial charge in [0.1, 0.15) is 5.75 Å². The Kier molecular flexibility index (Phi) is 5.39. The van der Waals surface area contributed by atoms with E-state index in [0.29, 0.717) is 30.6 Å². The summed E-state index contributed by atoms with van der Waals surface area (Å²) in [6.07, 6.45) is -1.70. The molecular weight excluding hydrogens is 379 g/mol. The summed E-state index contributed by atoms with van der Waals surface area (Å²) in [6, 6.07) is 2.77. The van der Waals surface area contributed by atoms with Gasteiger partial charge in [0, 0.05) is 19.2 Å². The number of aryl methyl sites for hydroxylation is 2. The summed E-state index contributed by atoms with van der Waals surface area (Å²) in [5, 5.41) is 12.8. The number of hydrogen-bond donors (Lipinski definition) is 1. The number of halogens is 3. The van der Waals surface area contributed by atoms with Gasteiger partial charge in [0.15, 0.2) is 11.3 Å². The van der Waals surface area contributed by atoms with E-state index < -0.39 is 11.9 Å². The molecule has 0 saturated carbocycles. The smallest absolute Gasteiger partial charge is 0.437 e. The summed E-state index contributed by atoms with van der Waals surface area (Å²) in [7, 11) is 1.54. The number of imidazole rings is 1. The van der Waals surface area contributed by atoms with Crippen molar-refractivity contribution in [1.82, 2.24) is 14.3 Å². The van der Waals surface area contributed by atoms with Gasteiger partial charge in [-0.3, -0.25) is 9.13 Å². The predicted octanol–water partition coefficient (Wildman–Crippen LogP) is 3.47. The van der Waals surface area contributed by atoms with Gasteiger partial charge in [-0.2, -0.15) is 13.2 Å². The Morgan fingerprint density at radius 2 is 2.07 bits per heavy atom. The number of aromatic nitrogens is 3. The van der Waals surface area contributed by atoms with Gasteiger partial charge in [-0.25, -0.2) is 4.79 Å². The summed E-state index contributed by atoms with van der Waals surface area (Å²) in [5.74, 6) is 0.283. The lowest BCUT2D eigenvalue weighted by atomic mass is 10.0. The van der Waals surface area contributed by atoms with Crippen LogP contribution >= 0.6 is 0 Å². The van der Waals surface area contributed by atoms with E-state index in [0.717, 1.165) is 0 Å². The number of rotatable bonds is 7. The molecule has 3 aromatic rings. The molecule has 28 heavy (non-hydrogen) atoms. The molecule has 7 nitrogen and oxygen atoms in total. The van der Waals surface area contributed by atoms with E-state index >= 15 is 0 Å². The molecule has 0 aliphatic rings. The normalized spacial score (nSPS) is 12.0. The molecule has 10 heteroatoms. The molecule has 0 bridgehead atoms. The van der Waals surface area contributed by atoms with Crippen molar-refractivity contribution in [1.29, 1.82) is 0 Å². The second-order valence-corrected chi connectivity index (χ2v) is 6.43. The van der Waals surface area contributed by atoms with E-state index in [1.54, 1.807) is 0 Å². The van der Waals surface area contributed by atoms with Crippen LogP contribution in [0.3, 0.4) is 0 Å². The van der Waals surface area contributed by atoms with E-state index in [4.69, 9.17) is 9.26 Å². The van der Waals surface area contributed by atoms with Crippen molar-refractivity contribution in [2.45, 2.75) is 38.9 Å². The fraction of sp³-hybridized carbons (Fsp3) is 0.444. The molecule has 0 amide bonds. The van der Waals surface area contributed by atoms with Crippen molar-refractivity contribution in [2.24, 2.45) is 7.05 Å². The summed E-state index contributed by atoms with van der Waals surface area (Å²) >= 11 is 0. The average Bonchev–Trinajstić information content (AvgIpc) is 3.16. The van der Waals surface area contributed by atoms with Gasteiger partial charge >= 0.3 is 11.9 Å². The summed E-state index contributed by atoms with van der Waals surface area (Å²) < 4.78 is 52.3. The molecule has 1 aromatic carbocycles. The lowest BCUT2D eigenvalue weighted by Crippen LogP contribution is -2.22. The maximum atomic E-state index is 13.0. The van der Waals surface area contributed by atoms with Gasteiger partial charge in [-0.05, 0) is 25.0 Å². The first-order valence-corrected chi connectivity index (χ1v) is 8.80. The fourth-order valence-corrected chi connectivity index (χ4v) is 3.07. The molecule has 0 aliphatic carbocycles. The van der Waals surface area contributed by atoms with Crippen molar-refractivity contribution in [2.75, 3.05) is 6.61 Å². The Morgan fingerprint density at radius 1 is 1.32 bits per heavy atom. The largest absolute Gasteiger partial charge is 0.493 e. The van der Waals surface area contributed by atoms with Gasteiger partial charge in [-0.1, -0.05) is 18.5 Å². The Balaban J connectivity index is 1.77. The Labute approximate surface area is 157 Å². The van der Waals surface area contributed by atoms with E-state index in [1.807, 2.05) is 6.92 Å². The van der Waals surface area contributed by atoms with E-state index in [2.05, 4.69) is 5.16 Å². The van der Waals surface area contributed by atoms with Gasteiger partial charge in [0.25, 0.3) is 0 Å². The highest BCUT2D eigenvalue weighted by atomic mass is 19.4. The standard InChI is InChI=1S/C18H20F3N3O4/c1-3-5-11-13(7-6-12-15(11)28-22-16(12)18(19,20)21)27-9-4-8-24-14(25)10-23(2)17(24)26/h6-7,10,25H,3-5,8-9H2,1-2H3. The van der Waals surface area contributed by atoms with Gasteiger partial charge in [-0.15, -0.1) is 0 Å². The molecule has 0 spiro atoms. The number of aromatic hydroxyl groups is 1. The zero-order valence-corrected chi connectivity index (χ0v) is 15.4. The molecule has 0 atom stereocenters. The first kappa shape index (κ1) is 19.8. The maximum absolute atomic E-state index is 13.0. The lowest BCUT2D eigenvalue weighted by Gasteiger charge is -2.12. The topological polar surface area (TPSA) is 82.4 Å². The molecule has 1 N–H and O–H groups in total. The molecule has 2 aromatic heterocycles. The Bertz CT molecular complexity index is 1030. The van der Waals surface area contributed by atoms with Crippen molar-refractivity contribution >= 4 is 11.0 Å². The van der Waals surface area contributed by atoms with Crippen LogP contribution in [0.25, 0.3) is 11.0 Å². The number of nitrogens with zero attached hydrogens (tertiary/aromatic N) is 3. The summed E-state index contributed by atoms with van der Waals surface area (Å²) in [4.78, 5) is 11.8. The minimum absolute atomic E-state index is 0.0728. The molecule has 0 radical (unpaired) electrons. The van der Waals surface area contributed by atoms with Gasteiger partial charge in [0.05, 0.1) is 18.2 Å². The van der Waals surface area contributed by atoms with Crippen molar-refractivity contribution in [3.05, 3.63) is 40.1 Å². The van der Waals surface area contributed by atoms with Crippen LogP contribution in [0.5, 0.6) is 11.6 Å². The van der Waals surface area contributed by atoms with E-state index in [1.165, 1.54) is 34.5 Å². The summed E-state index contributed by atoms with van der Waals surface area (Å²) in [6.45, 7) is 2.36. The number of ether oxygens (including phenoxy) is 1. The van der Waals surface area contributed by atoms with Crippen molar-refractivity contribution in [3.8, 4) is 11.6 Å². The molecule has 2 heterocycles. The average molecular weight is 399 g/mol. The number of alkyl halides is 3. The minimum atomic E-state index is -4.60. The van der Waals surface area contributed by atoms with Crippen LogP contribution in [-0.4, -0.2) is 26.0 Å². The predicted molar refractivity (Wildman–Crippen MR) is 94.5 cm³/mol. The quantitative estimate of drug-likeness (QED) is 0.615. The van der Waals surface area contributed by atoms with Gasteiger partial charge in [0.2, 0.25) is 5.88 Å². The number of benzene rings is 1. The number of hydrogen-bond acceptors (Lipinski definition) is 5. The monoisotopic (exact) mass is 399 g/mol. The zero-order valence-electron chi connectivity index (χ0n) is 15.4. The van der Waals surface area contributed by atoms with Crippen LogP contribution < -0.4 is 10.4 Å². The van der Waals surface area contributed by atoms with E-state index in [-0.39, 0.29) is 35.7 Å². The first-order valence-electron chi connectivity index (χ1n) is 8.80. The van der Waals surface area contributed by atoms with Crippen LogP contribution in [-0.2, 0) is 26.2 Å². The highest BCUT2D eigenvalue weighted by Gasteiger charge is 2.37. The van der Waals surface area contributed by atoms with Gasteiger partial charge < -0.3 is 14.4 Å². The highest BCUT2D eigenvalue weighted by molar-refractivity contribution is 5.85. The highest BCUT2D eigenvalue weighted by Crippen LogP contribution is 2.38. The van der Waals surface area contributed by atoms with Crippen molar-refractivity contribution in [3.63, 3.8) is 0 Å². The van der Waals surface area contributed by atoms with Crippen LogP contribution in [0.15, 0.2) is 27.6 Å². The van der Waals surface area contributed by atoms with E-state index in [9.17, 15) is 23.1 Å².